The molecule has 0 amide bonds. The van der Waals surface area contributed by atoms with Crippen LogP contribution in [-0.2, 0) is 9.53 Å². The lowest BCUT2D eigenvalue weighted by atomic mass is 9.93. The number of allylic oxidation sites excluding steroid dienone is 4. The summed E-state index contributed by atoms with van der Waals surface area (Å²) in [6.07, 6.45) is 3.87. The minimum atomic E-state index is -0.928. The van der Waals surface area contributed by atoms with E-state index in [9.17, 15) is 13.6 Å². The fourth-order valence-corrected chi connectivity index (χ4v) is 3.90. The SMILES string of the molecule is CC/C(C)=C/C(=C1/OC(C)(C)CC1C)c1cc(F)c(N(C)CCCC(=O)O)c(F)c1. The van der Waals surface area contributed by atoms with Gasteiger partial charge in [0.15, 0.2) is 0 Å². The lowest BCUT2D eigenvalue weighted by Crippen LogP contribution is -2.22. The highest BCUT2D eigenvalue weighted by Gasteiger charge is 2.36. The van der Waals surface area contributed by atoms with E-state index in [0.29, 0.717) is 17.6 Å². The van der Waals surface area contributed by atoms with Gasteiger partial charge in [0.1, 0.15) is 28.7 Å². The molecule has 0 radical (unpaired) electrons. The Balaban J connectivity index is 2.48. The van der Waals surface area contributed by atoms with Gasteiger partial charge in [-0.3, -0.25) is 4.79 Å². The average Bonchev–Trinajstić information content (AvgIpc) is 2.90. The highest BCUT2D eigenvalue weighted by Crippen LogP contribution is 2.42. The molecule has 1 aliphatic rings. The Morgan fingerprint density at radius 3 is 2.40 bits per heavy atom. The van der Waals surface area contributed by atoms with Crippen molar-refractivity contribution in [3.05, 3.63) is 46.7 Å². The second kappa shape index (κ2) is 9.63. The summed E-state index contributed by atoms with van der Waals surface area (Å²) in [5.41, 5.74) is 1.78. The predicted octanol–water partition coefficient (Wildman–Crippen LogP) is 6.17. The number of hydrogen-bond acceptors (Lipinski definition) is 3. The van der Waals surface area contributed by atoms with Crippen LogP contribution >= 0.6 is 0 Å². The zero-order chi connectivity index (χ0) is 22.6. The van der Waals surface area contributed by atoms with Gasteiger partial charge in [-0.1, -0.05) is 25.5 Å². The smallest absolute Gasteiger partial charge is 0.303 e. The molecule has 0 aliphatic carbocycles. The fraction of sp³-hybridized carbons (Fsp3) is 0.542. The lowest BCUT2D eigenvalue weighted by Gasteiger charge is -2.22. The van der Waals surface area contributed by atoms with Crippen LogP contribution in [0.15, 0.2) is 29.5 Å². The van der Waals surface area contributed by atoms with Crippen molar-refractivity contribution in [3.63, 3.8) is 0 Å². The van der Waals surface area contributed by atoms with Crippen LogP contribution in [0.2, 0.25) is 0 Å². The first-order valence-electron chi connectivity index (χ1n) is 10.5. The molecule has 0 aromatic heterocycles. The van der Waals surface area contributed by atoms with E-state index in [4.69, 9.17) is 9.84 Å². The van der Waals surface area contributed by atoms with Crippen LogP contribution in [0.1, 0.15) is 65.9 Å². The number of halogens is 2. The van der Waals surface area contributed by atoms with Gasteiger partial charge in [0.05, 0.1) is 0 Å². The van der Waals surface area contributed by atoms with Gasteiger partial charge in [0.2, 0.25) is 0 Å². The number of carboxylic acids is 1. The first-order valence-corrected chi connectivity index (χ1v) is 10.5. The normalized spacial score (nSPS) is 20.1. The molecule has 1 aromatic rings. The molecule has 2 rings (SSSR count). The van der Waals surface area contributed by atoms with Crippen molar-refractivity contribution in [2.24, 2.45) is 5.92 Å². The van der Waals surface area contributed by atoms with E-state index in [1.807, 2.05) is 33.8 Å². The molecule has 0 saturated carbocycles. The molecule has 0 spiro atoms. The Bertz CT molecular complexity index is 835. The number of ether oxygens (including phenoxy) is 1. The molecule has 166 valence electrons. The first-order chi connectivity index (χ1) is 13.9. The maximum absolute atomic E-state index is 15.0. The summed E-state index contributed by atoms with van der Waals surface area (Å²) in [7, 11) is 1.56. The summed E-state index contributed by atoms with van der Waals surface area (Å²) >= 11 is 0. The number of benzene rings is 1. The number of aliphatic carboxylic acids is 1. The van der Waals surface area contributed by atoms with Gasteiger partial charge in [-0.05, 0) is 57.7 Å². The van der Waals surface area contributed by atoms with E-state index in [1.165, 1.54) is 17.0 Å². The van der Waals surface area contributed by atoms with Gasteiger partial charge in [-0.2, -0.15) is 0 Å². The largest absolute Gasteiger partial charge is 0.491 e. The molecule has 1 unspecified atom stereocenters. The molecule has 1 fully saturated rings. The zero-order valence-corrected chi connectivity index (χ0v) is 18.8. The first kappa shape index (κ1) is 23.9. The van der Waals surface area contributed by atoms with E-state index < -0.39 is 17.6 Å². The summed E-state index contributed by atoms with van der Waals surface area (Å²) in [6.45, 7) is 10.4. The fourth-order valence-electron chi connectivity index (χ4n) is 3.90. The van der Waals surface area contributed by atoms with Gasteiger partial charge in [-0.25, -0.2) is 8.78 Å². The maximum atomic E-state index is 15.0. The van der Waals surface area contributed by atoms with Crippen LogP contribution in [-0.4, -0.2) is 30.3 Å². The molecule has 4 nitrogen and oxygen atoms in total. The van der Waals surface area contributed by atoms with Crippen molar-refractivity contribution in [1.29, 1.82) is 0 Å². The number of rotatable bonds is 8. The average molecular weight is 422 g/mol. The van der Waals surface area contributed by atoms with Gasteiger partial charge >= 0.3 is 5.97 Å². The molecule has 1 atom stereocenters. The van der Waals surface area contributed by atoms with Crippen molar-refractivity contribution in [2.75, 3.05) is 18.5 Å². The summed E-state index contributed by atoms with van der Waals surface area (Å²) in [6, 6.07) is 2.69. The summed E-state index contributed by atoms with van der Waals surface area (Å²) in [4.78, 5) is 12.1. The third-order valence-corrected chi connectivity index (χ3v) is 5.44. The molecule has 0 bridgehead atoms. The van der Waals surface area contributed by atoms with E-state index in [0.717, 1.165) is 24.2 Å². The van der Waals surface area contributed by atoms with Crippen molar-refractivity contribution < 1.29 is 23.4 Å². The van der Waals surface area contributed by atoms with E-state index in [2.05, 4.69) is 6.92 Å². The topological polar surface area (TPSA) is 49.8 Å². The quantitative estimate of drug-likeness (QED) is 0.545. The Kier molecular flexibility index (Phi) is 7.67. The number of hydrogen-bond donors (Lipinski definition) is 1. The third kappa shape index (κ3) is 5.83. The van der Waals surface area contributed by atoms with Crippen LogP contribution in [0.3, 0.4) is 0 Å². The molecule has 1 aromatic carbocycles. The number of carbonyl (C=O) groups is 1. The third-order valence-electron chi connectivity index (χ3n) is 5.44. The van der Waals surface area contributed by atoms with Crippen LogP contribution in [0, 0.1) is 17.6 Å². The molecule has 1 aliphatic heterocycles. The molecule has 30 heavy (non-hydrogen) atoms. The molecule has 1 heterocycles. The number of anilines is 1. The standard InChI is InChI=1S/C24H33F2NO3/c1-7-15(2)11-18(23-16(3)14-24(4,5)30-23)17-12-19(25)22(20(26)13-17)27(6)10-8-9-21(28)29/h11-13,16H,7-10,14H2,1-6H3,(H,28,29)/b15-11+,23-18-. The Hall–Kier alpha value is -2.37. The Labute approximate surface area is 178 Å². The highest BCUT2D eigenvalue weighted by atomic mass is 19.1. The predicted molar refractivity (Wildman–Crippen MR) is 116 cm³/mol. The minimum Gasteiger partial charge on any atom is -0.491 e. The number of carboxylic acid groups (broad SMARTS) is 1. The second-order valence-corrected chi connectivity index (χ2v) is 8.80. The Morgan fingerprint density at radius 1 is 1.33 bits per heavy atom. The number of nitrogens with zero attached hydrogens (tertiary/aromatic N) is 1. The zero-order valence-electron chi connectivity index (χ0n) is 18.8. The molecule has 6 heteroatoms. The van der Waals surface area contributed by atoms with Gasteiger partial charge < -0.3 is 14.7 Å². The van der Waals surface area contributed by atoms with Crippen LogP contribution in [0.4, 0.5) is 14.5 Å². The van der Waals surface area contributed by atoms with Gasteiger partial charge in [0.25, 0.3) is 0 Å². The van der Waals surface area contributed by atoms with Crippen LogP contribution in [0.5, 0.6) is 0 Å². The lowest BCUT2D eigenvalue weighted by molar-refractivity contribution is -0.137. The molecule has 1 N–H and O–H groups in total. The Morgan fingerprint density at radius 2 is 1.93 bits per heavy atom. The van der Waals surface area contributed by atoms with E-state index >= 15 is 0 Å². The minimum absolute atomic E-state index is 0.0476. The van der Waals surface area contributed by atoms with Crippen molar-refractivity contribution in [2.45, 2.75) is 65.9 Å². The van der Waals surface area contributed by atoms with E-state index in [-0.39, 0.29) is 30.2 Å². The van der Waals surface area contributed by atoms with Crippen molar-refractivity contribution in [1.82, 2.24) is 0 Å². The molecular weight excluding hydrogens is 388 g/mol. The molecular formula is C24H33F2NO3. The van der Waals surface area contributed by atoms with Crippen LogP contribution < -0.4 is 4.90 Å². The van der Waals surface area contributed by atoms with E-state index in [1.54, 1.807) is 7.05 Å². The van der Waals surface area contributed by atoms with Crippen molar-refractivity contribution in [3.8, 4) is 0 Å². The summed E-state index contributed by atoms with van der Waals surface area (Å²) < 4.78 is 36.1. The monoisotopic (exact) mass is 421 g/mol. The van der Waals surface area contributed by atoms with Gasteiger partial charge in [0, 0.05) is 31.5 Å². The van der Waals surface area contributed by atoms with Crippen molar-refractivity contribution >= 4 is 17.2 Å². The summed E-state index contributed by atoms with van der Waals surface area (Å²) in [5.74, 6) is -1.38. The molecule has 1 saturated heterocycles. The highest BCUT2D eigenvalue weighted by molar-refractivity contribution is 5.78. The summed E-state index contributed by atoms with van der Waals surface area (Å²) in [5, 5.41) is 8.77. The van der Waals surface area contributed by atoms with Crippen LogP contribution in [0.25, 0.3) is 5.57 Å². The second-order valence-electron chi connectivity index (χ2n) is 8.80. The maximum Gasteiger partial charge on any atom is 0.303 e. The van der Waals surface area contributed by atoms with Gasteiger partial charge in [-0.15, -0.1) is 0 Å².